The summed E-state index contributed by atoms with van der Waals surface area (Å²) in [4.78, 5) is 4.35. The summed E-state index contributed by atoms with van der Waals surface area (Å²) in [5, 5.41) is 3.10. The molecule has 0 aromatic carbocycles. The van der Waals surface area contributed by atoms with Gasteiger partial charge in [0, 0.05) is 11.9 Å². The van der Waals surface area contributed by atoms with Gasteiger partial charge in [0.2, 0.25) is 0 Å². The second-order valence-electron chi connectivity index (χ2n) is 6.96. The smallest absolute Gasteiger partial charge is 0.130 e. The summed E-state index contributed by atoms with van der Waals surface area (Å²) >= 11 is 0. The maximum Gasteiger partial charge on any atom is 0.130 e. The van der Waals surface area contributed by atoms with Gasteiger partial charge in [0.15, 0.2) is 0 Å². The molecule has 1 unspecified atom stereocenters. The zero-order valence-corrected chi connectivity index (χ0v) is 13.7. The van der Waals surface area contributed by atoms with Crippen LogP contribution in [0.2, 0.25) is 0 Å². The molecule has 1 saturated carbocycles. The Morgan fingerprint density at radius 2 is 2.00 bits per heavy atom. The Kier molecular flexibility index (Phi) is 4.40. The van der Waals surface area contributed by atoms with Gasteiger partial charge in [-0.25, -0.2) is 4.98 Å². The van der Waals surface area contributed by atoms with Gasteiger partial charge in [0.05, 0.1) is 6.61 Å². The van der Waals surface area contributed by atoms with Gasteiger partial charge in [-0.15, -0.1) is 0 Å². The molecule has 0 aliphatic heterocycles. The minimum absolute atomic E-state index is 0.334. The molecule has 1 aromatic rings. The van der Waals surface area contributed by atoms with Crippen LogP contribution >= 0.6 is 0 Å². The van der Waals surface area contributed by atoms with E-state index in [1.807, 2.05) is 31.2 Å². The number of aromatic nitrogens is 1. The third kappa shape index (κ3) is 3.44. The lowest BCUT2D eigenvalue weighted by Crippen LogP contribution is -2.23. The van der Waals surface area contributed by atoms with Crippen molar-refractivity contribution in [2.24, 2.45) is 22.5 Å². The van der Waals surface area contributed by atoms with Crippen molar-refractivity contribution in [2.45, 2.75) is 40.8 Å². The van der Waals surface area contributed by atoms with E-state index in [1.165, 1.54) is 0 Å². The normalized spacial score (nSPS) is 21.4. The highest BCUT2D eigenvalue weighted by atomic mass is 16.5. The molecular weight excluding hydrogens is 262 g/mol. The summed E-state index contributed by atoms with van der Waals surface area (Å²) in [5.41, 5.74) is 7.60. The van der Waals surface area contributed by atoms with E-state index in [9.17, 15) is 0 Å². The van der Waals surface area contributed by atoms with Crippen LogP contribution in [-0.2, 0) is 4.74 Å². The summed E-state index contributed by atoms with van der Waals surface area (Å²) in [5.74, 6) is 1.37. The van der Waals surface area contributed by atoms with Crippen molar-refractivity contribution in [1.82, 2.24) is 4.98 Å². The minimum Gasteiger partial charge on any atom is -0.360 e. The maximum atomic E-state index is 5.95. The topological polar surface area (TPSA) is 60.2 Å². The Bertz CT molecular complexity index is 509. The highest BCUT2D eigenvalue weighted by molar-refractivity contribution is 5.38. The molecule has 0 radical (unpaired) electrons. The van der Waals surface area contributed by atoms with Crippen LogP contribution in [-0.4, -0.2) is 17.8 Å². The van der Waals surface area contributed by atoms with Crippen molar-refractivity contribution in [3.63, 3.8) is 0 Å². The van der Waals surface area contributed by atoms with Crippen molar-refractivity contribution >= 4 is 5.82 Å². The number of nitrogens with two attached hydrogens (primary N) is 1. The molecule has 1 fully saturated rings. The number of anilines is 1. The molecule has 0 bridgehead atoms. The van der Waals surface area contributed by atoms with Crippen LogP contribution in [0.3, 0.4) is 0 Å². The maximum absolute atomic E-state index is 5.95. The highest BCUT2D eigenvalue weighted by Crippen LogP contribution is 2.68. The van der Waals surface area contributed by atoms with Crippen molar-refractivity contribution in [2.75, 3.05) is 11.9 Å². The van der Waals surface area contributed by atoms with Gasteiger partial charge in [-0.05, 0) is 41.9 Å². The molecule has 4 nitrogen and oxygen atoms in total. The Balaban J connectivity index is 1.75. The number of hydrogen-bond donors (Lipinski definition) is 2. The summed E-state index contributed by atoms with van der Waals surface area (Å²) < 4.78 is 5.73. The monoisotopic (exact) mass is 289 g/mol. The lowest BCUT2D eigenvalue weighted by Gasteiger charge is -2.10. The van der Waals surface area contributed by atoms with Gasteiger partial charge in [0.25, 0.3) is 0 Å². The number of hydrogen-bond acceptors (Lipinski definition) is 4. The van der Waals surface area contributed by atoms with Crippen molar-refractivity contribution in [3.8, 4) is 0 Å². The average molecular weight is 289 g/mol. The molecule has 21 heavy (non-hydrogen) atoms. The number of nitrogens with zero attached hydrogens (tertiary/aromatic N) is 1. The predicted octanol–water partition coefficient (Wildman–Crippen LogP) is 3.30. The van der Waals surface area contributed by atoms with E-state index in [2.05, 4.69) is 38.0 Å². The van der Waals surface area contributed by atoms with E-state index in [4.69, 9.17) is 10.5 Å². The summed E-state index contributed by atoms with van der Waals surface area (Å²) in [7, 11) is 0. The quantitative estimate of drug-likeness (QED) is 0.789. The first-order valence-corrected chi connectivity index (χ1v) is 7.49. The van der Waals surface area contributed by atoms with Crippen LogP contribution in [0.5, 0.6) is 0 Å². The molecule has 1 aliphatic carbocycles. The second-order valence-corrected chi connectivity index (χ2v) is 6.96. The number of nitrogens with one attached hydrogen (secondary N) is 1. The third-order valence-electron chi connectivity index (χ3n) is 5.18. The molecule has 116 valence electrons. The Morgan fingerprint density at radius 3 is 2.57 bits per heavy atom. The molecule has 4 heteroatoms. The molecule has 1 aromatic heterocycles. The van der Waals surface area contributed by atoms with Crippen LogP contribution in [0, 0.1) is 23.7 Å². The van der Waals surface area contributed by atoms with Gasteiger partial charge in [-0.2, -0.15) is 0 Å². The highest BCUT2D eigenvalue weighted by Gasteiger charge is 2.64. The summed E-state index contributed by atoms with van der Waals surface area (Å²) in [6, 6.07) is 5.84. The molecule has 0 amide bonds. The van der Waals surface area contributed by atoms with Crippen LogP contribution in [0.4, 0.5) is 5.82 Å². The van der Waals surface area contributed by atoms with Crippen molar-refractivity contribution < 1.29 is 4.74 Å². The van der Waals surface area contributed by atoms with Crippen molar-refractivity contribution in [3.05, 3.63) is 36.2 Å². The zero-order valence-electron chi connectivity index (χ0n) is 13.7. The van der Waals surface area contributed by atoms with Gasteiger partial charge >= 0.3 is 0 Å². The molecule has 0 saturated heterocycles. The predicted molar refractivity (Wildman–Crippen MR) is 86.7 cm³/mol. The fourth-order valence-corrected chi connectivity index (χ4v) is 2.86. The first-order valence-electron chi connectivity index (χ1n) is 7.49. The van der Waals surface area contributed by atoms with E-state index in [0.717, 1.165) is 11.5 Å². The SMILES string of the molecule is Cc1cccc(N/C=C\C(N)OCC2C(C)(C)C2(C)C)n1. The fraction of sp³-hybridized carbons (Fsp3) is 0.588. The Hall–Kier alpha value is -1.39. The number of aryl methyl sites for hydroxylation is 1. The molecule has 0 spiro atoms. The largest absolute Gasteiger partial charge is 0.360 e. The van der Waals surface area contributed by atoms with E-state index in [1.54, 1.807) is 6.20 Å². The van der Waals surface area contributed by atoms with E-state index < -0.39 is 6.23 Å². The molecule has 2 rings (SSSR count). The number of rotatable bonds is 6. The van der Waals surface area contributed by atoms with Crippen LogP contribution in [0.1, 0.15) is 33.4 Å². The lowest BCUT2D eigenvalue weighted by molar-refractivity contribution is 0.0712. The van der Waals surface area contributed by atoms with Gasteiger partial charge in [-0.1, -0.05) is 33.8 Å². The Morgan fingerprint density at radius 1 is 1.33 bits per heavy atom. The van der Waals surface area contributed by atoms with E-state index >= 15 is 0 Å². The molecular formula is C17H27N3O. The average Bonchev–Trinajstić information content (AvgIpc) is 2.77. The number of ether oxygens (including phenoxy) is 1. The van der Waals surface area contributed by atoms with Gasteiger partial charge in [-0.3, -0.25) is 0 Å². The number of pyridine rings is 1. The minimum atomic E-state index is -0.394. The Labute approximate surface area is 127 Å². The van der Waals surface area contributed by atoms with Gasteiger partial charge in [0.1, 0.15) is 12.0 Å². The first kappa shape index (κ1) is 16.0. The van der Waals surface area contributed by atoms with Crippen LogP contribution < -0.4 is 11.1 Å². The van der Waals surface area contributed by atoms with Gasteiger partial charge < -0.3 is 15.8 Å². The van der Waals surface area contributed by atoms with E-state index in [0.29, 0.717) is 23.4 Å². The molecule has 1 aliphatic rings. The second kappa shape index (κ2) is 5.78. The van der Waals surface area contributed by atoms with E-state index in [-0.39, 0.29) is 0 Å². The van der Waals surface area contributed by atoms with Crippen LogP contribution in [0.25, 0.3) is 0 Å². The van der Waals surface area contributed by atoms with Crippen molar-refractivity contribution in [1.29, 1.82) is 0 Å². The molecule has 1 heterocycles. The lowest BCUT2D eigenvalue weighted by atomic mass is 10.0. The standard InChI is InChI=1S/C17H27N3O/c1-12-7-6-8-15(20-12)19-10-9-14(18)21-11-13-16(2,3)17(13,4)5/h6-10,13-14H,11,18H2,1-5H3,(H,19,20)/b10-9-. The summed E-state index contributed by atoms with van der Waals surface area (Å²) in [6.45, 7) is 11.8. The third-order valence-corrected chi connectivity index (χ3v) is 5.18. The first-order chi connectivity index (χ1) is 9.75. The zero-order chi connectivity index (χ0) is 15.7. The van der Waals surface area contributed by atoms with Crippen LogP contribution in [0.15, 0.2) is 30.5 Å². The molecule has 3 N–H and O–H groups in total. The summed E-state index contributed by atoms with van der Waals surface area (Å²) in [6.07, 6.45) is 3.21. The fourth-order valence-electron chi connectivity index (χ4n) is 2.86. The molecule has 1 atom stereocenters.